The van der Waals surface area contributed by atoms with E-state index in [4.69, 9.17) is 4.74 Å². The number of hydrogen-bond donors (Lipinski definition) is 1. The molecule has 17 heavy (non-hydrogen) atoms. The predicted octanol–water partition coefficient (Wildman–Crippen LogP) is 3.39. The van der Waals surface area contributed by atoms with Crippen LogP contribution in [0.15, 0.2) is 16.8 Å². The van der Waals surface area contributed by atoms with Gasteiger partial charge >= 0.3 is 0 Å². The van der Waals surface area contributed by atoms with E-state index in [1.54, 1.807) is 18.4 Å². The van der Waals surface area contributed by atoms with E-state index in [0.717, 1.165) is 25.7 Å². The molecule has 1 aromatic heterocycles. The van der Waals surface area contributed by atoms with Crippen LogP contribution in [-0.4, -0.2) is 23.9 Å². The van der Waals surface area contributed by atoms with E-state index in [0.29, 0.717) is 0 Å². The zero-order valence-corrected chi connectivity index (χ0v) is 11.3. The van der Waals surface area contributed by atoms with Crippen molar-refractivity contribution in [1.29, 1.82) is 0 Å². The fraction of sp³-hybridized carbons (Fsp3) is 0.714. The Kier molecular flexibility index (Phi) is 4.60. The minimum absolute atomic E-state index is 0.270. The molecule has 1 heterocycles. The number of ether oxygens (including phenoxy) is 1. The number of rotatable bonds is 5. The normalized spacial score (nSPS) is 21.3. The summed E-state index contributed by atoms with van der Waals surface area (Å²) in [5.41, 5.74) is 1.06. The van der Waals surface area contributed by atoms with Crippen LogP contribution in [0.25, 0.3) is 0 Å². The quantitative estimate of drug-likeness (QED) is 0.872. The Balaban J connectivity index is 1.90. The van der Waals surface area contributed by atoms with Crippen LogP contribution in [0.1, 0.15) is 44.1 Å². The van der Waals surface area contributed by atoms with E-state index >= 15 is 0 Å². The maximum Gasteiger partial charge on any atom is 0.0936 e. The average molecular weight is 254 g/mol. The number of hydrogen-bond acceptors (Lipinski definition) is 3. The van der Waals surface area contributed by atoms with E-state index < -0.39 is 0 Å². The number of aliphatic hydroxyl groups excluding tert-OH is 1. The molecule has 1 atom stereocenters. The van der Waals surface area contributed by atoms with Crippen molar-refractivity contribution in [2.24, 2.45) is 0 Å². The molecule has 0 amide bonds. The van der Waals surface area contributed by atoms with Gasteiger partial charge in [-0.05, 0) is 48.1 Å². The Labute approximate surface area is 108 Å². The average Bonchev–Trinajstić information content (AvgIpc) is 2.90. The van der Waals surface area contributed by atoms with E-state index in [2.05, 4.69) is 16.8 Å². The Morgan fingerprint density at radius 1 is 1.41 bits per heavy atom. The predicted molar refractivity (Wildman–Crippen MR) is 71.5 cm³/mol. The van der Waals surface area contributed by atoms with E-state index in [1.807, 2.05) is 0 Å². The molecule has 1 aromatic rings. The van der Waals surface area contributed by atoms with Crippen LogP contribution < -0.4 is 0 Å². The molecule has 0 radical (unpaired) electrons. The first-order valence-electron chi connectivity index (χ1n) is 6.51. The molecule has 2 rings (SSSR count). The highest BCUT2D eigenvalue weighted by Crippen LogP contribution is 2.35. The van der Waals surface area contributed by atoms with Crippen LogP contribution in [0, 0.1) is 0 Å². The Morgan fingerprint density at radius 2 is 2.18 bits per heavy atom. The first-order valence-corrected chi connectivity index (χ1v) is 7.45. The molecule has 1 aliphatic carbocycles. The summed E-state index contributed by atoms with van der Waals surface area (Å²) in [6, 6.07) is 2.14. The smallest absolute Gasteiger partial charge is 0.0936 e. The van der Waals surface area contributed by atoms with Crippen molar-refractivity contribution in [3.8, 4) is 0 Å². The summed E-state index contributed by atoms with van der Waals surface area (Å²) in [6.45, 7) is 0. The summed E-state index contributed by atoms with van der Waals surface area (Å²) in [5, 5.41) is 14.7. The second-order valence-electron chi connectivity index (χ2n) is 5.02. The third kappa shape index (κ3) is 3.09. The van der Waals surface area contributed by atoms with Gasteiger partial charge in [-0.25, -0.2) is 0 Å². The van der Waals surface area contributed by atoms with Gasteiger partial charge in [0.05, 0.1) is 11.7 Å². The first-order chi connectivity index (χ1) is 8.27. The lowest BCUT2D eigenvalue weighted by Gasteiger charge is -2.40. The molecule has 0 aromatic carbocycles. The molecule has 1 unspecified atom stereocenters. The van der Waals surface area contributed by atoms with Crippen molar-refractivity contribution in [2.45, 2.75) is 56.7 Å². The van der Waals surface area contributed by atoms with Crippen molar-refractivity contribution >= 4 is 11.3 Å². The zero-order chi connectivity index (χ0) is 12.1. The molecule has 0 spiro atoms. The largest absolute Gasteiger partial charge is 0.390 e. The van der Waals surface area contributed by atoms with Gasteiger partial charge in [0, 0.05) is 7.11 Å². The number of thiophene rings is 1. The Morgan fingerprint density at radius 3 is 2.76 bits per heavy atom. The third-order valence-electron chi connectivity index (χ3n) is 4.00. The van der Waals surface area contributed by atoms with Crippen LogP contribution in [0.3, 0.4) is 0 Å². The standard InChI is InChI=1S/C14H22O2S/c1-16-14(8-3-2-4-9-14)13(15)6-5-12-7-10-17-11-12/h7,10-11,13,15H,2-6,8-9H2,1H3. The molecule has 1 N–H and O–H groups in total. The van der Waals surface area contributed by atoms with Crippen LogP contribution in [0.4, 0.5) is 0 Å². The summed E-state index contributed by atoms with van der Waals surface area (Å²) in [5.74, 6) is 0. The molecule has 0 aliphatic heterocycles. The maximum absolute atomic E-state index is 10.4. The van der Waals surface area contributed by atoms with Crippen molar-refractivity contribution < 1.29 is 9.84 Å². The third-order valence-corrected chi connectivity index (χ3v) is 4.73. The van der Waals surface area contributed by atoms with Gasteiger partial charge in [0.15, 0.2) is 0 Å². The van der Waals surface area contributed by atoms with Crippen molar-refractivity contribution in [1.82, 2.24) is 0 Å². The lowest BCUT2D eigenvalue weighted by molar-refractivity contribution is -0.124. The lowest BCUT2D eigenvalue weighted by Crippen LogP contribution is -2.46. The van der Waals surface area contributed by atoms with Gasteiger partial charge in [-0.3, -0.25) is 0 Å². The molecular formula is C14H22O2S. The summed E-state index contributed by atoms with van der Waals surface area (Å²) >= 11 is 1.72. The first kappa shape index (κ1) is 13.1. The van der Waals surface area contributed by atoms with Gasteiger partial charge in [0.1, 0.15) is 0 Å². The molecule has 96 valence electrons. The van der Waals surface area contributed by atoms with Crippen LogP contribution >= 0.6 is 11.3 Å². The summed E-state index contributed by atoms with van der Waals surface area (Å²) < 4.78 is 5.66. The summed E-state index contributed by atoms with van der Waals surface area (Å²) in [4.78, 5) is 0. The van der Waals surface area contributed by atoms with Crippen LogP contribution in [-0.2, 0) is 11.2 Å². The highest BCUT2D eigenvalue weighted by atomic mass is 32.1. The van der Waals surface area contributed by atoms with Gasteiger partial charge in [0.2, 0.25) is 0 Å². The van der Waals surface area contributed by atoms with Gasteiger partial charge in [-0.15, -0.1) is 0 Å². The molecule has 0 bridgehead atoms. The van der Waals surface area contributed by atoms with Gasteiger partial charge in [-0.2, -0.15) is 11.3 Å². The zero-order valence-electron chi connectivity index (χ0n) is 10.5. The molecule has 2 nitrogen and oxygen atoms in total. The van der Waals surface area contributed by atoms with Gasteiger partial charge < -0.3 is 9.84 Å². The fourth-order valence-corrected chi connectivity index (χ4v) is 3.53. The highest BCUT2D eigenvalue weighted by molar-refractivity contribution is 7.07. The lowest BCUT2D eigenvalue weighted by atomic mass is 9.79. The molecule has 3 heteroatoms. The van der Waals surface area contributed by atoms with Crippen molar-refractivity contribution in [3.63, 3.8) is 0 Å². The SMILES string of the molecule is COC1(C(O)CCc2ccsc2)CCCCC1. The minimum Gasteiger partial charge on any atom is -0.390 e. The summed E-state index contributed by atoms with van der Waals surface area (Å²) in [6.07, 6.45) is 7.10. The number of aryl methyl sites for hydroxylation is 1. The molecule has 1 aliphatic rings. The second kappa shape index (κ2) is 5.98. The van der Waals surface area contributed by atoms with E-state index in [9.17, 15) is 5.11 Å². The molecule has 1 saturated carbocycles. The van der Waals surface area contributed by atoms with E-state index in [-0.39, 0.29) is 11.7 Å². The topological polar surface area (TPSA) is 29.5 Å². The van der Waals surface area contributed by atoms with Gasteiger partial charge in [-0.1, -0.05) is 19.3 Å². The maximum atomic E-state index is 10.4. The number of methoxy groups -OCH3 is 1. The second-order valence-corrected chi connectivity index (χ2v) is 5.80. The van der Waals surface area contributed by atoms with Crippen LogP contribution in [0.2, 0.25) is 0 Å². The van der Waals surface area contributed by atoms with E-state index in [1.165, 1.54) is 24.8 Å². The minimum atomic E-state index is -0.326. The Bertz CT molecular complexity index is 315. The number of aliphatic hydroxyl groups is 1. The van der Waals surface area contributed by atoms with Crippen molar-refractivity contribution in [3.05, 3.63) is 22.4 Å². The summed E-state index contributed by atoms with van der Waals surface area (Å²) in [7, 11) is 1.75. The monoisotopic (exact) mass is 254 g/mol. The highest BCUT2D eigenvalue weighted by Gasteiger charge is 2.38. The Hall–Kier alpha value is -0.380. The molecular weight excluding hydrogens is 232 g/mol. The van der Waals surface area contributed by atoms with Crippen LogP contribution in [0.5, 0.6) is 0 Å². The van der Waals surface area contributed by atoms with Gasteiger partial charge in [0.25, 0.3) is 0 Å². The molecule has 1 fully saturated rings. The fourth-order valence-electron chi connectivity index (χ4n) is 2.82. The van der Waals surface area contributed by atoms with Crippen molar-refractivity contribution in [2.75, 3.05) is 7.11 Å². The molecule has 0 saturated heterocycles.